The van der Waals surface area contributed by atoms with Gasteiger partial charge in [0, 0.05) is 18.2 Å². The van der Waals surface area contributed by atoms with Gasteiger partial charge in [-0.05, 0) is 37.5 Å². The summed E-state index contributed by atoms with van der Waals surface area (Å²) in [5.74, 6) is 0.795. The molecule has 2 atom stereocenters. The zero-order valence-corrected chi connectivity index (χ0v) is 12.4. The fourth-order valence-electron chi connectivity index (χ4n) is 3.92. The monoisotopic (exact) mass is 312 g/mol. The maximum Gasteiger partial charge on any atom is 0.257 e. The van der Waals surface area contributed by atoms with Gasteiger partial charge >= 0.3 is 0 Å². The molecule has 1 amide bonds. The molecule has 3 N–H and O–H groups in total. The summed E-state index contributed by atoms with van der Waals surface area (Å²) in [5, 5.41) is 6.63. The molecule has 0 radical (unpaired) electrons. The van der Waals surface area contributed by atoms with Crippen LogP contribution in [0.25, 0.3) is 0 Å². The van der Waals surface area contributed by atoms with Crippen LogP contribution >= 0.6 is 0 Å². The fraction of sp³-hybridized carbons (Fsp3) is 0.733. The molecule has 2 saturated carbocycles. The first kappa shape index (κ1) is 15.4. The molecule has 3 rings (SSSR count). The molecule has 0 spiro atoms. The van der Waals surface area contributed by atoms with Crippen molar-refractivity contribution in [3.8, 4) is 0 Å². The van der Waals surface area contributed by atoms with Crippen LogP contribution in [-0.2, 0) is 11.3 Å². The van der Waals surface area contributed by atoms with Crippen molar-refractivity contribution in [3.63, 3.8) is 0 Å². The van der Waals surface area contributed by atoms with Crippen LogP contribution in [0.15, 0.2) is 12.4 Å². The number of aromatic nitrogens is 2. The molecule has 2 bridgehead atoms. The lowest BCUT2D eigenvalue weighted by molar-refractivity contribution is -0.122. The highest BCUT2D eigenvalue weighted by Crippen LogP contribution is 2.42. The number of carbonyl (C=O) groups is 1. The zero-order valence-electron chi connectivity index (χ0n) is 12.4. The van der Waals surface area contributed by atoms with Gasteiger partial charge < -0.3 is 11.1 Å². The van der Waals surface area contributed by atoms with Gasteiger partial charge in [0.15, 0.2) is 0 Å². The molecule has 1 aromatic rings. The van der Waals surface area contributed by atoms with Crippen molar-refractivity contribution >= 4 is 11.6 Å². The van der Waals surface area contributed by atoms with Crippen LogP contribution in [0.4, 0.5) is 14.5 Å². The normalized spacial score (nSPS) is 31.3. The van der Waals surface area contributed by atoms with Crippen LogP contribution in [0.5, 0.6) is 0 Å². The molecular formula is C15H22F2N4O. The SMILES string of the molecule is NC1C2CCCC1CC(C(=O)Nc1cnn(CC(F)F)c1)C2. The molecule has 122 valence electrons. The van der Waals surface area contributed by atoms with Gasteiger partial charge in [0.2, 0.25) is 5.91 Å². The number of fused-ring (bicyclic) bond motifs is 2. The number of hydrogen-bond acceptors (Lipinski definition) is 3. The Hall–Kier alpha value is -1.50. The Kier molecular flexibility index (Phi) is 4.42. The number of alkyl halides is 2. The summed E-state index contributed by atoms with van der Waals surface area (Å²) < 4.78 is 25.7. The molecule has 7 heteroatoms. The first-order valence-corrected chi connectivity index (χ1v) is 7.90. The van der Waals surface area contributed by atoms with E-state index in [0.717, 1.165) is 30.4 Å². The summed E-state index contributed by atoms with van der Waals surface area (Å²) in [4.78, 5) is 12.4. The molecule has 1 heterocycles. The van der Waals surface area contributed by atoms with Gasteiger partial charge in [-0.25, -0.2) is 8.78 Å². The number of halogens is 2. The molecule has 2 aliphatic rings. The molecule has 2 fully saturated rings. The number of nitrogens with one attached hydrogen (secondary N) is 1. The predicted octanol–water partition coefficient (Wildman–Crippen LogP) is 2.24. The van der Waals surface area contributed by atoms with Gasteiger partial charge in [-0.1, -0.05) is 6.42 Å². The Morgan fingerprint density at radius 3 is 2.73 bits per heavy atom. The van der Waals surface area contributed by atoms with Crippen molar-refractivity contribution in [2.45, 2.75) is 51.1 Å². The summed E-state index contributed by atoms with van der Waals surface area (Å²) in [6, 6.07) is 0.228. The molecule has 2 aliphatic carbocycles. The molecular weight excluding hydrogens is 290 g/mol. The van der Waals surface area contributed by atoms with Gasteiger partial charge in [-0.2, -0.15) is 5.10 Å². The van der Waals surface area contributed by atoms with E-state index in [1.807, 2.05) is 0 Å². The van der Waals surface area contributed by atoms with Crippen molar-refractivity contribution in [2.75, 3.05) is 5.32 Å². The summed E-state index contributed by atoms with van der Waals surface area (Å²) in [5.41, 5.74) is 6.71. The minimum absolute atomic E-state index is 0.0338. The van der Waals surface area contributed by atoms with E-state index in [-0.39, 0.29) is 17.9 Å². The second-order valence-corrected chi connectivity index (χ2v) is 6.53. The van der Waals surface area contributed by atoms with E-state index < -0.39 is 13.0 Å². The van der Waals surface area contributed by atoms with Gasteiger partial charge in [-0.15, -0.1) is 0 Å². The predicted molar refractivity (Wildman–Crippen MR) is 78.4 cm³/mol. The van der Waals surface area contributed by atoms with E-state index in [2.05, 4.69) is 10.4 Å². The Morgan fingerprint density at radius 2 is 2.09 bits per heavy atom. The molecule has 5 nitrogen and oxygen atoms in total. The van der Waals surface area contributed by atoms with Crippen LogP contribution in [0.3, 0.4) is 0 Å². The van der Waals surface area contributed by atoms with E-state index in [1.165, 1.54) is 18.8 Å². The topological polar surface area (TPSA) is 72.9 Å². The van der Waals surface area contributed by atoms with E-state index >= 15 is 0 Å². The Labute approximate surface area is 128 Å². The molecule has 2 unspecified atom stereocenters. The van der Waals surface area contributed by atoms with Crippen molar-refractivity contribution in [1.29, 1.82) is 0 Å². The van der Waals surface area contributed by atoms with Crippen molar-refractivity contribution in [3.05, 3.63) is 12.4 Å². The van der Waals surface area contributed by atoms with Gasteiger partial charge in [0.05, 0.1) is 11.9 Å². The number of amides is 1. The highest BCUT2D eigenvalue weighted by molar-refractivity contribution is 5.92. The van der Waals surface area contributed by atoms with Crippen molar-refractivity contribution < 1.29 is 13.6 Å². The Balaban J connectivity index is 1.59. The van der Waals surface area contributed by atoms with Crippen LogP contribution in [0, 0.1) is 17.8 Å². The van der Waals surface area contributed by atoms with Crippen molar-refractivity contribution in [1.82, 2.24) is 9.78 Å². The first-order chi connectivity index (χ1) is 10.5. The van der Waals surface area contributed by atoms with Crippen LogP contribution in [-0.4, -0.2) is 28.2 Å². The van der Waals surface area contributed by atoms with E-state index in [1.54, 1.807) is 0 Å². The number of anilines is 1. The van der Waals surface area contributed by atoms with Crippen LogP contribution in [0.1, 0.15) is 32.1 Å². The standard InChI is InChI=1S/C15H22F2N4O/c16-13(17)8-21-7-12(6-19-21)20-15(22)11-4-9-2-1-3-10(5-11)14(9)18/h6-7,9-11,13-14H,1-5,8,18H2,(H,20,22). The minimum atomic E-state index is -2.46. The third-order valence-corrected chi connectivity index (χ3v) is 5.01. The minimum Gasteiger partial charge on any atom is -0.327 e. The molecule has 0 aliphatic heterocycles. The molecule has 1 aromatic heterocycles. The van der Waals surface area contributed by atoms with Crippen molar-refractivity contribution in [2.24, 2.45) is 23.5 Å². The van der Waals surface area contributed by atoms with E-state index in [9.17, 15) is 13.6 Å². The Morgan fingerprint density at radius 1 is 1.41 bits per heavy atom. The average Bonchev–Trinajstić information content (AvgIpc) is 2.84. The third-order valence-electron chi connectivity index (χ3n) is 5.01. The van der Waals surface area contributed by atoms with Crippen LogP contribution < -0.4 is 11.1 Å². The molecule has 0 aromatic carbocycles. The third kappa shape index (κ3) is 3.29. The lowest BCUT2D eigenvalue weighted by Gasteiger charge is -2.43. The maximum atomic E-state index is 12.4. The van der Waals surface area contributed by atoms with Gasteiger partial charge in [0.1, 0.15) is 6.54 Å². The molecule has 0 saturated heterocycles. The second-order valence-electron chi connectivity index (χ2n) is 6.53. The number of rotatable bonds is 4. The number of nitrogens with two attached hydrogens (primary N) is 1. The quantitative estimate of drug-likeness (QED) is 0.895. The number of nitrogens with zero attached hydrogens (tertiary/aromatic N) is 2. The summed E-state index contributed by atoms with van der Waals surface area (Å²) in [7, 11) is 0. The average molecular weight is 312 g/mol. The fourth-order valence-corrected chi connectivity index (χ4v) is 3.92. The highest BCUT2D eigenvalue weighted by Gasteiger charge is 2.40. The maximum absolute atomic E-state index is 12.4. The largest absolute Gasteiger partial charge is 0.327 e. The number of carbonyl (C=O) groups excluding carboxylic acids is 1. The van der Waals surface area contributed by atoms with Gasteiger partial charge in [-0.3, -0.25) is 9.48 Å². The summed E-state index contributed by atoms with van der Waals surface area (Å²) >= 11 is 0. The first-order valence-electron chi connectivity index (χ1n) is 7.90. The second kappa shape index (κ2) is 6.32. The van der Waals surface area contributed by atoms with Crippen LogP contribution in [0.2, 0.25) is 0 Å². The zero-order chi connectivity index (χ0) is 15.7. The Bertz CT molecular complexity index is 519. The highest BCUT2D eigenvalue weighted by atomic mass is 19.3. The summed E-state index contributed by atoms with van der Waals surface area (Å²) in [6.45, 7) is -0.460. The van der Waals surface area contributed by atoms with Gasteiger partial charge in [0.25, 0.3) is 6.43 Å². The molecule has 22 heavy (non-hydrogen) atoms. The smallest absolute Gasteiger partial charge is 0.257 e. The summed E-state index contributed by atoms with van der Waals surface area (Å²) in [6.07, 6.45) is 5.47. The lowest BCUT2D eigenvalue weighted by atomic mass is 9.65. The number of hydrogen-bond donors (Lipinski definition) is 2. The van der Waals surface area contributed by atoms with E-state index in [0.29, 0.717) is 17.5 Å². The van der Waals surface area contributed by atoms with E-state index in [4.69, 9.17) is 5.73 Å². The lowest BCUT2D eigenvalue weighted by Crippen LogP contribution is -2.48.